The van der Waals surface area contributed by atoms with Crippen molar-refractivity contribution in [3.8, 4) is 22.1 Å². The maximum atomic E-state index is 12.6. The lowest BCUT2D eigenvalue weighted by atomic mass is 10.1. The van der Waals surface area contributed by atoms with E-state index in [9.17, 15) is 4.79 Å². The van der Waals surface area contributed by atoms with E-state index in [2.05, 4.69) is 15.5 Å². The van der Waals surface area contributed by atoms with Gasteiger partial charge in [0.1, 0.15) is 5.75 Å². The number of thiophene rings is 1. The molecule has 0 unspecified atom stereocenters. The summed E-state index contributed by atoms with van der Waals surface area (Å²) in [5.74, 6) is 1.67. The zero-order valence-electron chi connectivity index (χ0n) is 17.5. The van der Waals surface area contributed by atoms with Crippen molar-refractivity contribution in [1.29, 1.82) is 0 Å². The summed E-state index contributed by atoms with van der Waals surface area (Å²) in [6.45, 7) is 4.04. The van der Waals surface area contributed by atoms with Crippen molar-refractivity contribution < 1.29 is 9.53 Å². The maximum absolute atomic E-state index is 12.6. The van der Waals surface area contributed by atoms with Gasteiger partial charge < -0.3 is 10.1 Å². The number of nitrogens with one attached hydrogen (secondary N) is 1. The van der Waals surface area contributed by atoms with Crippen LogP contribution in [0.5, 0.6) is 5.75 Å². The Bertz CT molecular complexity index is 1190. The highest BCUT2D eigenvalue weighted by atomic mass is 32.2. The molecule has 2 aromatic heterocycles. The first-order valence-electron chi connectivity index (χ1n) is 9.69. The highest BCUT2D eigenvalue weighted by molar-refractivity contribution is 7.99. The van der Waals surface area contributed by atoms with Crippen LogP contribution >= 0.6 is 23.1 Å². The molecule has 0 saturated heterocycles. The Kier molecular flexibility index (Phi) is 6.39. The largest absolute Gasteiger partial charge is 0.497 e. The summed E-state index contributed by atoms with van der Waals surface area (Å²) in [6.07, 6.45) is 0. The van der Waals surface area contributed by atoms with Gasteiger partial charge in [0.25, 0.3) is 0 Å². The second-order valence-corrected chi connectivity index (χ2v) is 8.79. The number of aryl methyl sites for hydroxylation is 1. The highest BCUT2D eigenvalue weighted by Gasteiger charge is 2.18. The summed E-state index contributed by atoms with van der Waals surface area (Å²) < 4.78 is 7.25. The van der Waals surface area contributed by atoms with Gasteiger partial charge in [0.2, 0.25) is 5.91 Å². The van der Waals surface area contributed by atoms with Crippen LogP contribution in [0.4, 0.5) is 5.69 Å². The lowest BCUT2D eigenvalue weighted by Gasteiger charge is -2.12. The molecule has 0 atom stereocenters. The molecule has 31 heavy (non-hydrogen) atoms. The van der Waals surface area contributed by atoms with Crippen LogP contribution in [-0.2, 0) is 4.79 Å². The molecule has 4 aromatic rings. The summed E-state index contributed by atoms with van der Waals surface area (Å²) in [5, 5.41) is 14.4. The van der Waals surface area contributed by atoms with Gasteiger partial charge in [0, 0.05) is 5.69 Å². The Labute approximate surface area is 189 Å². The summed E-state index contributed by atoms with van der Waals surface area (Å²) in [6, 6.07) is 17.6. The van der Waals surface area contributed by atoms with Crippen LogP contribution in [0, 0.1) is 13.8 Å². The SMILES string of the molecule is COc1ccc(-n2c(SCC(=O)Nc3cccc(C)c3C)nnc2-c2cccs2)cc1. The normalized spacial score (nSPS) is 10.8. The van der Waals surface area contributed by atoms with Gasteiger partial charge in [-0.25, -0.2) is 0 Å². The molecule has 0 aliphatic heterocycles. The summed E-state index contributed by atoms with van der Waals surface area (Å²) in [4.78, 5) is 13.6. The number of hydrogen-bond donors (Lipinski definition) is 1. The second kappa shape index (κ2) is 9.36. The third-order valence-corrected chi connectivity index (χ3v) is 6.71. The van der Waals surface area contributed by atoms with E-state index in [0.29, 0.717) is 5.16 Å². The molecule has 2 aromatic carbocycles. The molecule has 8 heteroatoms. The van der Waals surface area contributed by atoms with E-state index in [1.165, 1.54) is 11.8 Å². The Balaban J connectivity index is 1.58. The van der Waals surface area contributed by atoms with Gasteiger partial charge >= 0.3 is 0 Å². The quantitative estimate of drug-likeness (QED) is 0.384. The monoisotopic (exact) mass is 450 g/mol. The van der Waals surface area contributed by atoms with Gasteiger partial charge in [-0.1, -0.05) is 30.0 Å². The molecule has 0 saturated carbocycles. The molecule has 0 radical (unpaired) electrons. The molecule has 0 aliphatic rings. The van der Waals surface area contributed by atoms with Gasteiger partial charge in [0.05, 0.1) is 23.4 Å². The van der Waals surface area contributed by atoms with Crippen molar-refractivity contribution in [2.75, 3.05) is 18.2 Å². The first kappa shape index (κ1) is 21.1. The predicted octanol–water partition coefficient (Wildman–Crippen LogP) is 5.35. The van der Waals surface area contributed by atoms with Crippen LogP contribution in [0.1, 0.15) is 11.1 Å². The van der Waals surface area contributed by atoms with Crippen LogP contribution in [0.25, 0.3) is 16.4 Å². The van der Waals surface area contributed by atoms with Gasteiger partial charge in [-0.3, -0.25) is 9.36 Å². The Hall–Kier alpha value is -3.10. The number of carbonyl (C=O) groups excluding carboxylic acids is 1. The number of carbonyl (C=O) groups is 1. The van der Waals surface area contributed by atoms with E-state index in [1.807, 2.05) is 78.4 Å². The van der Waals surface area contributed by atoms with E-state index >= 15 is 0 Å². The molecule has 4 rings (SSSR count). The molecular weight excluding hydrogens is 428 g/mol. The van der Waals surface area contributed by atoms with Gasteiger partial charge in [0.15, 0.2) is 11.0 Å². The number of methoxy groups -OCH3 is 1. The second-order valence-electron chi connectivity index (χ2n) is 6.90. The maximum Gasteiger partial charge on any atom is 0.234 e. The third-order valence-electron chi connectivity index (χ3n) is 4.92. The van der Waals surface area contributed by atoms with Crippen molar-refractivity contribution in [3.63, 3.8) is 0 Å². The topological polar surface area (TPSA) is 69.0 Å². The molecule has 2 heterocycles. The molecule has 158 valence electrons. The molecule has 0 bridgehead atoms. The number of amides is 1. The minimum atomic E-state index is -0.0827. The average molecular weight is 451 g/mol. The van der Waals surface area contributed by atoms with Crippen LogP contribution in [0.2, 0.25) is 0 Å². The zero-order valence-corrected chi connectivity index (χ0v) is 19.1. The van der Waals surface area contributed by atoms with Gasteiger partial charge in [-0.05, 0) is 66.8 Å². The fourth-order valence-corrected chi connectivity index (χ4v) is 4.55. The van der Waals surface area contributed by atoms with E-state index in [1.54, 1.807) is 18.4 Å². The molecule has 1 amide bonds. The van der Waals surface area contributed by atoms with Crippen molar-refractivity contribution in [2.45, 2.75) is 19.0 Å². The molecule has 1 N–H and O–H groups in total. The van der Waals surface area contributed by atoms with Crippen molar-refractivity contribution in [3.05, 3.63) is 71.1 Å². The van der Waals surface area contributed by atoms with Crippen LogP contribution < -0.4 is 10.1 Å². The summed E-state index contributed by atoms with van der Waals surface area (Å²) >= 11 is 2.96. The summed E-state index contributed by atoms with van der Waals surface area (Å²) in [7, 11) is 1.64. The standard InChI is InChI=1S/C23H22N4O2S2/c1-15-6-4-7-19(16(15)2)24-21(28)14-31-23-26-25-22(20-8-5-13-30-20)27(23)17-9-11-18(29-3)12-10-17/h4-13H,14H2,1-3H3,(H,24,28). The molecule has 0 fully saturated rings. The van der Waals surface area contributed by atoms with Crippen molar-refractivity contribution >= 4 is 34.7 Å². The summed E-state index contributed by atoms with van der Waals surface area (Å²) in [5.41, 5.74) is 3.96. The number of benzene rings is 2. The van der Waals surface area contributed by atoms with Crippen molar-refractivity contribution in [2.24, 2.45) is 0 Å². The van der Waals surface area contributed by atoms with Crippen LogP contribution in [0.15, 0.2) is 65.1 Å². The van der Waals surface area contributed by atoms with Crippen molar-refractivity contribution in [1.82, 2.24) is 14.8 Å². The fraction of sp³-hybridized carbons (Fsp3) is 0.174. The average Bonchev–Trinajstić information content (AvgIpc) is 3.45. The fourth-order valence-electron chi connectivity index (χ4n) is 3.10. The molecular formula is C23H22N4O2S2. The molecule has 0 aliphatic carbocycles. The number of hydrogen-bond acceptors (Lipinski definition) is 6. The number of aromatic nitrogens is 3. The van der Waals surface area contributed by atoms with Crippen LogP contribution in [-0.4, -0.2) is 33.5 Å². The van der Waals surface area contributed by atoms with E-state index in [-0.39, 0.29) is 11.7 Å². The highest BCUT2D eigenvalue weighted by Crippen LogP contribution is 2.31. The minimum Gasteiger partial charge on any atom is -0.497 e. The third kappa shape index (κ3) is 4.65. The number of thioether (sulfide) groups is 1. The molecule has 6 nitrogen and oxygen atoms in total. The Morgan fingerprint density at radius 2 is 1.90 bits per heavy atom. The van der Waals surface area contributed by atoms with E-state index in [0.717, 1.165) is 39.0 Å². The van der Waals surface area contributed by atoms with Gasteiger partial charge in [-0.15, -0.1) is 21.5 Å². The Morgan fingerprint density at radius 1 is 1.10 bits per heavy atom. The Morgan fingerprint density at radius 3 is 2.61 bits per heavy atom. The van der Waals surface area contributed by atoms with Gasteiger partial charge in [-0.2, -0.15) is 0 Å². The van der Waals surface area contributed by atoms with Crippen LogP contribution in [0.3, 0.4) is 0 Å². The zero-order chi connectivity index (χ0) is 21.8. The number of nitrogens with zero attached hydrogens (tertiary/aromatic N) is 3. The number of rotatable bonds is 7. The first-order chi connectivity index (χ1) is 15.1. The van der Waals surface area contributed by atoms with E-state index in [4.69, 9.17) is 4.74 Å². The minimum absolute atomic E-state index is 0.0827. The smallest absolute Gasteiger partial charge is 0.234 e. The lowest BCUT2D eigenvalue weighted by molar-refractivity contribution is -0.113. The first-order valence-corrected chi connectivity index (χ1v) is 11.6. The number of ether oxygens (including phenoxy) is 1. The lowest BCUT2D eigenvalue weighted by Crippen LogP contribution is -2.15. The van der Waals surface area contributed by atoms with E-state index < -0.39 is 0 Å². The predicted molar refractivity (Wildman–Crippen MR) is 126 cm³/mol. The number of anilines is 1. The molecule has 0 spiro atoms.